The summed E-state index contributed by atoms with van der Waals surface area (Å²) in [5.74, 6) is 0.411. The Morgan fingerprint density at radius 2 is 1.69 bits per heavy atom. The summed E-state index contributed by atoms with van der Waals surface area (Å²) >= 11 is 0. The number of aryl methyl sites for hydroxylation is 1. The zero-order chi connectivity index (χ0) is 27.9. The lowest BCUT2D eigenvalue weighted by Gasteiger charge is -2.12. The Balaban J connectivity index is 0.000000567. The molecule has 6 rings (SSSR count). The molecular weight excluding hydrogens is 535 g/mol. The summed E-state index contributed by atoms with van der Waals surface area (Å²) in [6.07, 6.45) is 5.83. The fourth-order valence-electron chi connectivity index (χ4n) is 4.21. The van der Waals surface area contributed by atoms with Crippen molar-refractivity contribution in [1.29, 1.82) is 0 Å². The molecule has 0 spiro atoms. The van der Waals surface area contributed by atoms with Gasteiger partial charge >= 0.3 is 14.4 Å². The highest BCUT2D eigenvalue weighted by molar-refractivity contribution is 7.45. The number of nitrogens with zero attached hydrogens (tertiary/aromatic N) is 5. The van der Waals surface area contributed by atoms with Gasteiger partial charge in [-0.2, -0.15) is 19.0 Å². The fraction of sp³-hybridized carbons (Fsp3) is 0.200. The molecule has 0 unspecified atom stereocenters. The highest BCUT2D eigenvalue weighted by Crippen LogP contribution is 2.39. The number of phosphoric acid groups is 1. The number of halogens is 2. The van der Waals surface area contributed by atoms with Crippen molar-refractivity contribution in [2.75, 3.05) is 0 Å². The summed E-state index contributed by atoms with van der Waals surface area (Å²) in [6.45, 7) is -2.92. The van der Waals surface area contributed by atoms with Gasteiger partial charge in [0.15, 0.2) is 5.65 Å². The molecule has 0 bridgehead atoms. The monoisotopic (exact) mass is 557 g/mol. The van der Waals surface area contributed by atoms with Crippen molar-refractivity contribution in [1.82, 2.24) is 24.4 Å². The topological polar surface area (TPSA) is 152 Å². The van der Waals surface area contributed by atoms with Gasteiger partial charge in [0.1, 0.15) is 11.4 Å². The third kappa shape index (κ3) is 6.18. The zero-order valence-electron chi connectivity index (χ0n) is 20.3. The molecule has 1 aliphatic rings. The molecule has 39 heavy (non-hydrogen) atoms. The van der Waals surface area contributed by atoms with Crippen molar-refractivity contribution in [2.45, 2.75) is 25.4 Å². The first-order valence-corrected chi connectivity index (χ1v) is 13.2. The highest BCUT2D eigenvalue weighted by atomic mass is 31.2. The SMILES string of the molecule is Cn1cc2cc(-c3nn4ccc(C5CC5)nc4c(-c4ccc(OC(F)F)cc4)c3=O)ccc2n1.O=P(O)(O)O. The molecule has 202 valence electrons. The van der Waals surface area contributed by atoms with E-state index in [9.17, 15) is 13.6 Å². The minimum Gasteiger partial charge on any atom is -0.435 e. The normalized spacial score (nSPS) is 13.5. The van der Waals surface area contributed by atoms with Crippen LogP contribution in [0.25, 0.3) is 38.9 Å². The van der Waals surface area contributed by atoms with Gasteiger partial charge in [-0.3, -0.25) is 9.48 Å². The first-order chi connectivity index (χ1) is 18.5. The van der Waals surface area contributed by atoms with Crippen LogP contribution in [0.1, 0.15) is 24.5 Å². The molecule has 1 fully saturated rings. The van der Waals surface area contributed by atoms with Crippen molar-refractivity contribution in [3.8, 4) is 28.1 Å². The van der Waals surface area contributed by atoms with Crippen molar-refractivity contribution >= 4 is 24.4 Å². The van der Waals surface area contributed by atoms with Gasteiger partial charge in [0.05, 0.1) is 11.1 Å². The second kappa shape index (κ2) is 10.3. The molecule has 11 nitrogen and oxygen atoms in total. The summed E-state index contributed by atoms with van der Waals surface area (Å²) in [5.41, 5.74) is 3.73. The summed E-state index contributed by atoms with van der Waals surface area (Å²) in [4.78, 5) is 40.1. The molecule has 3 N–H and O–H groups in total. The number of aromatic nitrogens is 5. The van der Waals surface area contributed by atoms with E-state index in [-0.39, 0.29) is 16.9 Å². The highest BCUT2D eigenvalue weighted by Gasteiger charge is 2.26. The molecule has 0 radical (unpaired) electrons. The van der Waals surface area contributed by atoms with Crippen LogP contribution in [0.15, 0.2) is 65.7 Å². The third-order valence-corrected chi connectivity index (χ3v) is 5.97. The van der Waals surface area contributed by atoms with E-state index in [1.807, 2.05) is 43.7 Å². The first-order valence-electron chi connectivity index (χ1n) is 11.7. The van der Waals surface area contributed by atoms with Crippen molar-refractivity contribution in [3.05, 3.63) is 76.8 Å². The van der Waals surface area contributed by atoms with E-state index < -0.39 is 14.4 Å². The Hall–Kier alpha value is -4.03. The van der Waals surface area contributed by atoms with Crippen LogP contribution in [0.5, 0.6) is 5.75 Å². The zero-order valence-corrected chi connectivity index (χ0v) is 21.2. The van der Waals surface area contributed by atoms with Crippen LogP contribution in [0.4, 0.5) is 8.78 Å². The van der Waals surface area contributed by atoms with E-state index in [1.165, 1.54) is 12.1 Å². The molecule has 1 aliphatic carbocycles. The van der Waals surface area contributed by atoms with Gasteiger partial charge in [-0.05, 0) is 48.7 Å². The van der Waals surface area contributed by atoms with Crippen LogP contribution < -0.4 is 10.2 Å². The van der Waals surface area contributed by atoms with Crippen molar-refractivity contribution in [3.63, 3.8) is 0 Å². The number of ether oxygens (including phenoxy) is 1. The quantitative estimate of drug-likeness (QED) is 0.274. The lowest BCUT2D eigenvalue weighted by atomic mass is 10.0. The molecule has 0 amide bonds. The van der Waals surface area contributed by atoms with Crippen molar-refractivity contribution < 1.29 is 32.8 Å². The predicted octanol–water partition coefficient (Wildman–Crippen LogP) is 3.86. The molecule has 3 aromatic heterocycles. The average molecular weight is 557 g/mol. The number of hydrogen-bond acceptors (Lipinski definition) is 6. The second-order valence-corrected chi connectivity index (χ2v) is 9.97. The third-order valence-electron chi connectivity index (χ3n) is 5.97. The molecular formula is C25H22F2N5O6P. The Kier molecular flexibility index (Phi) is 7.00. The Morgan fingerprint density at radius 1 is 1.03 bits per heavy atom. The Morgan fingerprint density at radius 3 is 2.33 bits per heavy atom. The first kappa shape index (κ1) is 26.6. The molecule has 5 aromatic rings. The second-order valence-electron chi connectivity index (χ2n) is 8.94. The molecule has 14 heteroatoms. The smallest absolute Gasteiger partial charge is 0.435 e. The van der Waals surface area contributed by atoms with Crippen LogP contribution in [-0.2, 0) is 11.6 Å². The largest absolute Gasteiger partial charge is 0.466 e. The van der Waals surface area contributed by atoms with E-state index in [0.717, 1.165) is 29.4 Å². The number of fused-ring (bicyclic) bond motifs is 2. The number of benzene rings is 2. The number of rotatable bonds is 5. The molecule has 1 saturated carbocycles. The summed E-state index contributed by atoms with van der Waals surface area (Å²) in [6, 6.07) is 13.5. The van der Waals surface area contributed by atoms with Gasteiger partial charge in [-0.25, -0.2) is 14.1 Å². The molecule has 0 saturated heterocycles. The van der Waals surface area contributed by atoms with E-state index in [2.05, 4.69) is 14.9 Å². The summed E-state index contributed by atoms with van der Waals surface area (Å²) in [5, 5.41) is 9.89. The predicted molar refractivity (Wildman–Crippen MR) is 137 cm³/mol. The lowest BCUT2D eigenvalue weighted by Crippen LogP contribution is -2.16. The van der Waals surface area contributed by atoms with E-state index in [1.54, 1.807) is 21.3 Å². The number of alkyl halides is 2. The maximum atomic E-state index is 13.8. The van der Waals surface area contributed by atoms with E-state index >= 15 is 0 Å². The van der Waals surface area contributed by atoms with Crippen molar-refractivity contribution in [2.24, 2.45) is 7.05 Å². The Bertz CT molecular complexity index is 1770. The van der Waals surface area contributed by atoms with Crippen LogP contribution >= 0.6 is 7.82 Å². The van der Waals surface area contributed by atoms with Gasteiger partial charge in [0.2, 0.25) is 5.43 Å². The fourth-order valence-corrected chi connectivity index (χ4v) is 4.21. The Labute approximate surface area is 219 Å². The van der Waals surface area contributed by atoms with Crippen LogP contribution in [-0.4, -0.2) is 45.7 Å². The van der Waals surface area contributed by atoms with E-state index in [0.29, 0.717) is 28.3 Å². The minimum atomic E-state index is -4.64. The summed E-state index contributed by atoms with van der Waals surface area (Å²) in [7, 11) is -2.80. The van der Waals surface area contributed by atoms with Crippen LogP contribution in [0.3, 0.4) is 0 Å². The lowest BCUT2D eigenvalue weighted by molar-refractivity contribution is -0.0498. The molecule has 2 aromatic carbocycles. The summed E-state index contributed by atoms with van der Waals surface area (Å²) < 4.78 is 41.9. The van der Waals surface area contributed by atoms with Crippen LogP contribution in [0.2, 0.25) is 0 Å². The van der Waals surface area contributed by atoms with Gasteiger partial charge in [0, 0.05) is 42.0 Å². The molecule has 0 atom stereocenters. The average Bonchev–Trinajstić information content (AvgIpc) is 3.63. The van der Waals surface area contributed by atoms with E-state index in [4.69, 9.17) is 24.2 Å². The van der Waals surface area contributed by atoms with Gasteiger partial charge < -0.3 is 19.4 Å². The maximum Gasteiger partial charge on any atom is 0.466 e. The maximum absolute atomic E-state index is 13.8. The van der Waals surface area contributed by atoms with Gasteiger partial charge in [-0.1, -0.05) is 18.2 Å². The molecule has 0 aliphatic heterocycles. The van der Waals surface area contributed by atoms with Crippen LogP contribution in [0, 0.1) is 0 Å². The standard InChI is InChI=1S/C25H19F2N5O2.H3O4P/c1-31-13-17-12-16(6-9-20(17)29-31)22-23(33)21(15-4-7-18(8-5-15)34-25(26)27)24-28-19(14-2-3-14)10-11-32(24)30-22;1-5(2,3)4/h4-14,25H,2-3H2,1H3;(H3,1,2,3,4). The molecule has 3 heterocycles. The van der Waals surface area contributed by atoms with Gasteiger partial charge in [-0.15, -0.1) is 0 Å². The number of hydrogen-bond donors (Lipinski definition) is 3. The van der Waals surface area contributed by atoms with Gasteiger partial charge in [0.25, 0.3) is 0 Å². The minimum absolute atomic E-state index is 0.0195.